The molecule has 0 fully saturated rings. The molecule has 0 saturated carbocycles. The van der Waals surface area contributed by atoms with Crippen LogP contribution in [0.3, 0.4) is 0 Å². The molecule has 0 aliphatic rings. The fraction of sp³-hybridized carbons (Fsp3) is 0.316. The maximum Gasteiger partial charge on any atom is 0.239 e. The SMILES string of the molecule is Cc1cccc(OCCN(C)C(=O)[C@@H](N)Cc2ccccc2)c1.Cl. The minimum Gasteiger partial charge on any atom is -0.492 e. The molecule has 5 heteroatoms. The number of hydrogen-bond acceptors (Lipinski definition) is 3. The third kappa shape index (κ3) is 6.22. The number of hydrogen-bond donors (Lipinski definition) is 1. The molecule has 2 N–H and O–H groups in total. The van der Waals surface area contributed by atoms with Crippen LogP contribution in [0.5, 0.6) is 5.75 Å². The zero-order chi connectivity index (χ0) is 16.7. The summed E-state index contributed by atoms with van der Waals surface area (Å²) in [4.78, 5) is 13.9. The van der Waals surface area contributed by atoms with Gasteiger partial charge in [0, 0.05) is 7.05 Å². The average Bonchev–Trinajstić information content (AvgIpc) is 2.55. The van der Waals surface area contributed by atoms with Crippen LogP contribution in [0.4, 0.5) is 0 Å². The second-order valence-corrected chi connectivity index (χ2v) is 5.72. The number of nitrogens with zero attached hydrogens (tertiary/aromatic N) is 1. The first-order valence-electron chi connectivity index (χ1n) is 7.80. The number of carbonyl (C=O) groups excluding carboxylic acids is 1. The number of likely N-dealkylation sites (N-methyl/N-ethyl adjacent to an activating group) is 1. The molecule has 2 aromatic rings. The Morgan fingerprint density at radius 3 is 2.54 bits per heavy atom. The first kappa shape index (κ1) is 20.0. The van der Waals surface area contributed by atoms with Gasteiger partial charge in [-0.1, -0.05) is 42.5 Å². The Hall–Kier alpha value is -2.04. The molecular weight excluding hydrogens is 324 g/mol. The summed E-state index contributed by atoms with van der Waals surface area (Å²) >= 11 is 0. The van der Waals surface area contributed by atoms with E-state index in [1.165, 1.54) is 0 Å². The van der Waals surface area contributed by atoms with Crippen molar-refractivity contribution >= 4 is 18.3 Å². The maximum atomic E-state index is 12.3. The highest BCUT2D eigenvalue weighted by atomic mass is 35.5. The van der Waals surface area contributed by atoms with E-state index in [0.717, 1.165) is 16.9 Å². The number of carbonyl (C=O) groups is 1. The first-order chi connectivity index (χ1) is 11.1. The molecule has 0 aliphatic carbocycles. The van der Waals surface area contributed by atoms with E-state index in [-0.39, 0.29) is 18.3 Å². The van der Waals surface area contributed by atoms with E-state index < -0.39 is 6.04 Å². The highest BCUT2D eigenvalue weighted by Crippen LogP contribution is 2.12. The van der Waals surface area contributed by atoms with Crippen LogP contribution in [0.25, 0.3) is 0 Å². The molecule has 0 heterocycles. The maximum absolute atomic E-state index is 12.3. The zero-order valence-electron chi connectivity index (χ0n) is 14.1. The van der Waals surface area contributed by atoms with Gasteiger partial charge in [-0.05, 0) is 36.6 Å². The normalized spacial score (nSPS) is 11.3. The molecule has 130 valence electrons. The third-order valence-corrected chi connectivity index (χ3v) is 3.68. The number of ether oxygens (including phenoxy) is 1. The molecule has 0 spiro atoms. The number of benzene rings is 2. The summed E-state index contributed by atoms with van der Waals surface area (Å²) in [5.74, 6) is 0.751. The van der Waals surface area contributed by atoms with Gasteiger partial charge in [-0.3, -0.25) is 4.79 Å². The first-order valence-corrected chi connectivity index (χ1v) is 7.80. The van der Waals surface area contributed by atoms with Gasteiger partial charge in [0.05, 0.1) is 12.6 Å². The summed E-state index contributed by atoms with van der Waals surface area (Å²) in [5.41, 5.74) is 8.24. The Bertz CT molecular complexity index is 634. The third-order valence-electron chi connectivity index (χ3n) is 3.68. The average molecular weight is 349 g/mol. The molecule has 0 aromatic heterocycles. The van der Waals surface area contributed by atoms with Crippen molar-refractivity contribution in [2.75, 3.05) is 20.2 Å². The van der Waals surface area contributed by atoms with Crippen LogP contribution in [0.2, 0.25) is 0 Å². The molecule has 0 saturated heterocycles. The lowest BCUT2D eigenvalue weighted by atomic mass is 10.1. The molecular formula is C19H25ClN2O2. The van der Waals surface area contributed by atoms with E-state index in [2.05, 4.69) is 0 Å². The molecule has 1 atom stereocenters. The van der Waals surface area contributed by atoms with E-state index in [1.54, 1.807) is 11.9 Å². The molecule has 0 aliphatic heterocycles. The van der Waals surface area contributed by atoms with Gasteiger partial charge in [-0.15, -0.1) is 12.4 Å². The number of amides is 1. The second kappa shape index (κ2) is 9.96. The summed E-state index contributed by atoms with van der Waals surface area (Å²) in [6.45, 7) is 2.98. The highest BCUT2D eigenvalue weighted by molar-refractivity contribution is 5.85. The summed E-state index contributed by atoms with van der Waals surface area (Å²) in [6.07, 6.45) is 0.544. The molecule has 1 amide bonds. The summed E-state index contributed by atoms with van der Waals surface area (Å²) in [7, 11) is 1.76. The predicted molar refractivity (Wildman–Crippen MR) is 99.7 cm³/mol. The molecule has 24 heavy (non-hydrogen) atoms. The van der Waals surface area contributed by atoms with E-state index in [9.17, 15) is 4.79 Å². The van der Waals surface area contributed by atoms with E-state index in [0.29, 0.717) is 19.6 Å². The Kier molecular flexibility index (Phi) is 8.30. The van der Waals surface area contributed by atoms with Gasteiger partial charge in [0.25, 0.3) is 0 Å². The van der Waals surface area contributed by atoms with Gasteiger partial charge in [-0.25, -0.2) is 0 Å². The topological polar surface area (TPSA) is 55.6 Å². The van der Waals surface area contributed by atoms with Gasteiger partial charge >= 0.3 is 0 Å². The Morgan fingerprint density at radius 1 is 1.17 bits per heavy atom. The largest absolute Gasteiger partial charge is 0.492 e. The smallest absolute Gasteiger partial charge is 0.239 e. The Balaban J connectivity index is 0.00000288. The number of rotatable bonds is 7. The van der Waals surface area contributed by atoms with Gasteiger partial charge in [0.15, 0.2) is 0 Å². The Labute approximate surface area is 150 Å². The minimum atomic E-state index is -0.527. The molecule has 0 bridgehead atoms. The van der Waals surface area contributed by atoms with Gasteiger partial charge < -0.3 is 15.4 Å². The molecule has 2 rings (SSSR count). The number of nitrogens with two attached hydrogens (primary N) is 1. The monoisotopic (exact) mass is 348 g/mol. The van der Waals surface area contributed by atoms with E-state index in [1.807, 2.05) is 61.5 Å². The molecule has 0 radical (unpaired) electrons. The molecule has 0 unspecified atom stereocenters. The second-order valence-electron chi connectivity index (χ2n) is 5.72. The van der Waals surface area contributed by atoms with Crippen LogP contribution in [0.1, 0.15) is 11.1 Å². The molecule has 4 nitrogen and oxygen atoms in total. The minimum absolute atomic E-state index is 0. The van der Waals surface area contributed by atoms with E-state index in [4.69, 9.17) is 10.5 Å². The van der Waals surface area contributed by atoms with Crippen molar-refractivity contribution in [3.8, 4) is 5.75 Å². The molecule has 2 aromatic carbocycles. The Morgan fingerprint density at radius 2 is 1.88 bits per heavy atom. The van der Waals surface area contributed by atoms with Crippen molar-refractivity contribution in [1.29, 1.82) is 0 Å². The van der Waals surface area contributed by atoms with Gasteiger partial charge in [-0.2, -0.15) is 0 Å². The van der Waals surface area contributed by atoms with Crippen LogP contribution < -0.4 is 10.5 Å². The van der Waals surface area contributed by atoms with Crippen LogP contribution in [0, 0.1) is 6.92 Å². The standard InChI is InChI=1S/C19H24N2O2.ClH/c1-15-7-6-10-17(13-15)23-12-11-21(2)19(22)18(20)14-16-8-4-3-5-9-16;/h3-10,13,18H,11-12,14,20H2,1-2H3;1H/t18-;/m0./s1. The van der Waals surface area contributed by atoms with Gasteiger partial charge in [0.1, 0.15) is 12.4 Å². The van der Waals surface area contributed by atoms with Crippen molar-refractivity contribution < 1.29 is 9.53 Å². The summed E-state index contributed by atoms with van der Waals surface area (Å²) < 4.78 is 5.67. The lowest BCUT2D eigenvalue weighted by molar-refractivity contribution is -0.131. The quantitative estimate of drug-likeness (QED) is 0.837. The van der Waals surface area contributed by atoms with Crippen molar-refractivity contribution in [2.24, 2.45) is 5.73 Å². The fourth-order valence-corrected chi connectivity index (χ4v) is 2.35. The number of aryl methyl sites for hydroxylation is 1. The van der Waals surface area contributed by atoms with Crippen molar-refractivity contribution in [3.63, 3.8) is 0 Å². The zero-order valence-corrected chi connectivity index (χ0v) is 15.0. The van der Waals surface area contributed by atoms with Crippen LogP contribution in [0.15, 0.2) is 54.6 Å². The van der Waals surface area contributed by atoms with Crippen molar-refractivity contribution in [2.45, 2.75) is 19.4 Å². The van der Waals surface area contributed by atoms with Crippen LogP contribution >= 0.6 is 12.4 Å². The van der Waals surface area contributed by atoms with Crippen molar-refractivity contribution in [3.05, 3.63) is 65.7 Å². The fourth-order valence-electron chi connectivity index (χ4n) is 2.35. The number of halogens is 1. The predicted octanol–water partition coefficient (Wildman–Crippen LogP) is 2.82. The van der Waals surface area contributed by atoms with Crippen LogP contribution in [-0.2, 0) is 11.2 Å². The summed E-state index contributed by atoms with van der Waals surface area (Å²) in [5, 5.41) is 0. The lowest BCUT2D eigenvalue weighted by Crippen LogP contribution is -2.44. The summed E-state index contributed by atoms with van der Waals surface area (Å²) in [6, 6.07) is 17.1. The lowest BCUT2D eigenvalue weighted by Gasteiger charge is -2.21. The van der Waals surface area contributed by atoms with Crippen LogP contribution in [-0.4, -0.2) is 37.0 Å². The van der Waals surface area contributed by atoms with Gasteiger partial charge in [0.2, 0.25) is 5.91 Å². The highest BCUT2D eigenvalue weighted by Gasteiger charge is 2.18. The van der Waals surface area contributed by atoms with Crippen molar-refractivity contribution in [1.82, 2.24) is 4.90 Å². The van der Waals surface area contributed by atoms with E-state index >= 15 is 0 Å².